The lowest BCUT2D eigenvalue weighted by Gasteiger charge is -2.09. The van der Waals surface area contributed by atoms with Crippen LogP contribution in [-0.4, -0.2) is 16.8 Å². The number of aromatic nitrogens is 1. The zero-order chi connectivity index (χ0) is 21.0. The van der Waals surface area contributed by atoms with Crippen molar-refractivity contribution in [2.75, 3.05) is 10.6 Å². The van der Waals surface area contributed by atoms with E-state index >= 15 is 0 Å². The average Bonchev–Trinajstić information content (AvgIpc) is 2.74. The minimum Gasteiger partial charge on any atom is -0.321 e. The van der Waals surface area contributed by atoms with Gasteiger partial charge in [0.1, 0.15) is 5.69 Å². The van der Waals surface area contributed by atoms with E-state index in [2.05, 4.69) is 15.6 Å². The molecule has 1 heterocycles. The lowest BCUT2D eigenvalue weighted by molar-refractivity contribution is 0.102. The molecule has 0 saturated heterocycles. The normalized spacial score (nSPS) is 10.5. The van der Waals surface area contributed by atoms with E-state index in [1.807, 2.05) is 19.1 Å². The summed E-state index contributed by atoms with van der Waals surface area (Å²) in [6, 6.07) is 11.4. The van der Waals surface area contributed by atoms with Crippen molar-refractivity contribution in [1.29, 1.82) is 0 Å². The van der Waals surface area contributed by atoms with Gasteiger partial charge in [0.25, 0.3) is 11.8 Å². The van der Waals surface area contributed by atoms with E-state index in [0.29, 0.717) is 11.8 Å². The van der Waals surface area contributed by atoms with Gasteiger partial charge in [0.2, 0.25) is 0 Å². The first kappa shape index (κ1) is 20.1. The Kier molecular flexibility index (Phi) is 5.92. The van der Waals surface area contributed by atoms with Crippen LogP contribution in [0.3, 0.4) is 0 Å². The number of aryl methyl sites for hydroxylation is 1. The van der Waals surface area contributed by atoms with Crippen molar-refractivity contribution in [3.8, 4) is 0 Å². The molecule has 0 spiro atoms. The maximum atomic E-state index is 13.7. The highest BCUT2D eigenvalue weighted by Crippen LogP contribution is 2.20. The van der Waals surface area contributed by atoms with Gasteiger partial charge in [-0.25, -0.2) is 13.2 Å². The van der Waals surface area contributed by atoms with Gasteiger partial charge < -0.3 is 10.6 Å². The van der Waals surface area contributed by atoms with E-state index in [1.165, 1.54) is 18.3 Å². The number of rotatable bonds is 5. The van der Waals surface area contributed by atoms with Gasteiger partial charge in [0.05, 0.1) is 5.69 Å². The van der Waals surface area contributed by atoms with Crippen molar-refractivity contribution in [2.24, 2.45) is 0 Å². The van der Waals surface area contributed by atoms with Gasteiger partial charge in [0.15, 0.2) is 17.5 Å². The number of anilines is 2. The third-order valence-electron chi connectivity index (χ3n) is 4.16. The molecular weight excluding hydrogens is 383 g/mol. The molecule has 2 N–H and O–H groups in total. The first-order valence-electron chi connectivity index (χ1n) is 8.70. The number of pyridine rings is 1. The van der Waals surface area contributed by atoms with Crippen LogP contribution in [0.1, 0.15) is 33.3 Å². The molecular formula is C21H16F3N3O2. The van der Waals surface area contributed by atoms with E-state index < -0.39 is 35.0 Å². The van der Waals surface area contributed by atoms with E-state index in [0.717, 1.165) is 18.1 Å². The van der Waals surface area contributed by atoms with E-state index in [9.17, 15) is 22.8 Å². The number of nitrogens with zero attached hydrogens (tertiary/aromatic N) is 1. The summed E-state index contributed by atoms with van der Waals surface area (Å²) >= 11 is 0. The highest BCUT2D eigenvalue weighted by Gasteiger charge is 2.17. The summed E-state index contributed by atoms with van der Waals surface area (Å²) in [6.07, 6.45) is 2.11. The van der Waals surface area contributed by atoms with Crippen LogP contribution in [0, 0.1) is 17.5 Å². The summed E-state index contributed by atoms with van der Waals surface area (Å²) in [5.74, 6) is -5.91. The molecule has 0 atom stereocenters. The summed E-state index contributed by atoms with van der Waals surface area (Å²) in [5.41, 5.74) is 1.11. The molecule has 0 bridgehead atoms. The number of carbonyl (C=O) groups excluding carboxylic acids is 2. The van der Waals surface area contributed by atoms with Crippen molar-refractivity contribution in [2.45, 2.75) is 13.3 Å². The lowest BCUT2D eigenvalue weighted by atomic mass is 10.1. The van der Waals surface area contributed by atoms with Crippen LogP contribution >= 0.6 is 0 Å². The molecule has 0 saturated carbocycles. The summed E-state index contributed by atoms with van der Waals surface area (Å²) in [4.78, 5) is 28.6. The molecule has 0 aliphatic heterocycles. The largest absolute Gasteiger partial charge is 0.321 e. The van der Waals surface area contributed by atoms with Crippen molar-refractivity contribution in [1.82, 2.24) is 4.98 Å². The van der Waals surface area contributed by atoms with E-state index in [-0.39, 0.29) is 11.3 Å². The predicted octanol–water partition coefficient (Wildman–Crippen LogP) is 4.57. The van der Waals surface area contributed by atoms with Crippen LogP contribution in [0.25, 0.3) is 0 Å². The number of halogens is 3. The van der Waals surface area contributed by atoms with Gasteiger partial charge in [-0.05, 0) is 48.4 Å². The maximum Gasteiger partial charge on any atom is 0.274 e. The Morgan fingerprint density at radius 3 is 2.31 bits per heavy atom. The zero-order valence-electron chi connectivity index (χ0n) is 15.3. The SMILES string of the molecule is CCc1ccc(NC(=O)c2cc(C(=O)Nc3ccc(F)c(F)c3F)ccn2)cc1. The lowest BCUT2D eigenvalue weighted by Crippen LogP contribution is -2.17. The summed E-state index contributed by atoms with van der Waals surface area (Å²) in [6.45, 7) is 2.01. The van der Waals surface area contributed by atoms with Crippen LogP contribution in [-0.2, 0) is 6.42 Å². The number of amides is 2. The minimum atomic E-state index is -1.69. The molecule has 0 fully saturated rings. The molecule has 1 aromatic heterocycles. The average molecular weight is 399 g/mol. The Labute approximate surface area is 164 Å². The fourth-order valence-corrected chi connectivity index (χ4v) is 2.53. The minimum absolute atomic E-state index is 0.00406. The Balaban J connectivity index is 1.75. The number of nitrogens with one attached hydrogen (secondary N) is 2. The first-order chi connectivity index (χ1) is 13.9. The van der Waals surface area contributed by atoms with Crippen LogP contribution in [0.2, 0.25) is 0 Å². The van der Waals surface area contributed by atoms with E-state index in [1.54, 1.807) is 12.1 Å². The summed E-state index contributed by atoms with van der Waals surface area (Å²) in [7, 11) is 0. The molecule has 0 aliphatic rings. The van der Waals surface area contributed by atoms with Crippen LogP contribution in [0.5, 0.6) is 0 Å². The number of carbonyl (C=O) groups is 2. The zero-order valence-corrected chi connectivity index (χ0v) is 15.3. The summed E-state index contributed by atoms with van der Waals surface area (Å²) in [5, 5.41) is 4.81. The highest BCUT2D eigenvalue weighted by molar-refractivity contribution is 6.07. The van der Waals surface area contributed by atoms with Crippen molar-refractivity contribution in [3.63, 3.8) is 0 Å². The van der Waals surface area contributed by atoms with Gasteiger partial charge in [-0.15, -0.1) is 0 Å². The van der Waals surface area contributed by atoms with Crippen LogP contribution in [0.15, 0.2) is 54.7 Å². The molecule has 3 rings (SSSR count). The third kappa shape index (κ3) is 4.60. The molecule has 5 nitrogen and oxygen atoms in total. The van der Waals surface area contributed by atoms with Crippen molar-refractivity contribution >= 4 is 23.2 Å². The molecule has 2 aromatic carbocycles. The molecule has 29 heavy (non-hydrogen) atoms. The van der Waals surface area contributed by atoms with Crippen molar-refractivity contribution < 1.29 is 22.8 Å². The second-order valence-electron chi connectivity index (χ2n) is 6.11. The van der Waals surface area contributed by atoms with Gasteiger partial charge in [0, 0.05) is 17.4 Å². The topological polar surface area (TPSA) is 71.1 Å². The fraction of sp³-hybridized carbons (Fsp3) is 0.0952. The number of benzene rings is 2. The predicted molar refractivity (Wildman–Crippen MR) is 102 cm³/mol. The fourth-order valence-electron chi connectivity index (χ4n) is 2.53. The Morgan fingerprint density at radius 1 is 0.897 bits per heavy atom. The van der Waals surface area contributed by atoms with Gasteiger partial charge >= 0.3 is 0 Å². The second kappa shape index (κ2) is 8.55. The molecule has 2 amide bonds. The molecule has 8 heteroatoms. The number of hydrogen-bond acceptors (Lipinski definition) is 3. The smallest absolute Gasteiger partial charge is 0.274 e. The standard InChI is InChI=1S/C21H16F3N3O2/c1-2-12-3-5-14(6-4-12)26-21(29)17-11-13(9-10-25-17)20(28)27-16-8-7-15(22)18(23)19(16)24/h3-11H,2H2,1H3,(H,26,29)(H,27,28). The monoisotopic (exact) mass is 399 g/mol. The molecule has 148 valence electrons. The van der Waals surface area contributed by atoms with Crippen molar-refractivity contribution in [3.05, 3.63) is 89.0 Å². The second-order valence-corrected chi connectivity index (χ2v) is 6.11. The first-order valence-corrected chi connectivity index (χ1v) is 8.70. The van der Waals surface area contributed by atoms with Gasteiger partial charge in [-0.2, -0.15) is 0 Å². The van der Waals surface area contributed by atoms with Crippen LogP contribution in [0.4, 0.5) is 24.5 Å². The van der Waals surface area contributed by atoms with Gasteiger partial charge in [-0.3, -0.25) is 14.6 Å². The highest BCUT2D eigenvalue weighted by atomic mass is 19.2. The van der Waals surface area contributed by atoms with E-state index in [4.69, 9.17) is 0 Å². The maximum absolute atomic E-state index is 13.7. The number of hydrogen-bond donors (Lipinski definition) is 2. The Bertz CT molecular complexity index is 1070. The van der Waals surface area contributed by atoms with Gasteiger partial charge in [-0.1, -0.05) is 19.1 Å². The van der Waals surface area contributed by atoms with Crippen LogP contribution < -0.4 is 10.6 Å². The molecule has 0 radical (unpaired) electrons. The Hall–Kier alpha value is -3.68. The summed E-state index contributed by atoms with van der Waals surface area (Å²) < 4.78 is 40.0. The quantitative estimate of drug-likeness (QED) is 0.618. The molecule has 0 unspecified atom stereocenters. The Morgan fingerprint density at radius 2 is 1.62 bits per heavy atom. The molecule has 0 aliphatic carbocycles. The third-order valence-corrected chi connectivity index (χ3v) is 4.16. The molecule has 3 aromatic rings.